The van der Waals surface area contributed by atoms with Crippen LogP contribution in [-0.2, 0) is 16.0 Å². The van der Waals surface area contributed by atoms with Crippen LogP contribution >= 0.6 is 0 Å². The van der Waals surface area contributed by atoms with Crippen molar-refractivity contribution in [3.63, 3.8) is 0 Å². The number of hydrogen-bond acceptors (Lipinski definition) is 7. The van der Waals surface area contributed by atoms with E-state index in [-0.39, 0.29) is 24.6 Å². The Labute approximate surface area is 164 Å². The fourth-order valence-electron chi connectivity index (χ4n) is 3.63. The first-order chi connectivity index (χ1) is 13.5. The average Bonchev–Trinajstić information content (AvgIpc) is 2.65. The molecule has 0 saturated heterocycles. The molecule has 3 N–H and O–H groups in total. The van der Waals surface area contributed by atoms with Crippen molar-refractivity contribution in [2.75, 3.05) is 17.7 Å². The summed E-state index contributed by atoms with van der Waals surface area (Å²) in [6.07, 6.45) is 5.71. The van der Waals surface area contributed by atoms with Crippen molar-refractivity contribution in [2.45, 2.75) is 38.6 Å². The molecule has 7 heteroatoms. The van der Waals surface area contributed by atoms with Crippen LogP contribution in [0.1, 0.15) is 37.3 Å². The number of aryl methyl sites for hydroxylation is 1. The van der Waals surface area contributed by atoms with Gasteiger partial charge in [-0.2, -0.15) is 10.2 Å². The highest BCUT2D eigenvalue weighted by atomic mass is 16.5. The minimum atomic E-state index is -0.325. The minimum absolute atomic E-state index is 0.0992. The highest BCUT2D eigenvalue weighted by molar-refractivity contribution is 5.66. The summed E-state index contributed by atoms with van der Waals surface area (Å²) in [4.78, 5) is 19.3. The van der Waals surface area contributed by atoms with E-state index in [0.29, 0.717) is 23.2 Å². The first-order valence-electron chi connectivity index (χ1n) is 9.51. The summed E-state index contributed by atoms with van der Waals surface area (Å²) in [5.41, 5.74) is 7.34. The highest BCUT2D eigenvalue weighted by Crippen LogP contribution is 2.40. The van der Waals surface area contributed by atoms with Gasteiger partial charge in [0.15, 0.2) is 0 Å². The first kappa shape index (κ1) is 19.6. The van der Waals surface area contributed by atoms with Gasteiger partial charge >= 0.3 is 5.97 Å². The maximum absolute atomic E-state index is 11.3. The van der Waals surface area contributed by atoms with E-state index in [1.54, 1.807) is 0 Å². The third kappa shape index (κ3) is 5.19. The number of anilines is 2. The van der Waals surface area contributed by atoms with Crippen molar-refractivity contribution in [1.29, 1.82) is 5.26 Å². The minimum Gasteiger partial charge on any atom is -0.464 e. The van der Waals surface area contributed by atoms with Gasteiger partial charge < -0.3 is 15.8 Å². The van der Waals surface area contributed by atoms with E-state index in [9.17, 15) is 10.1 Å². The van der Waals surface area contributed by atoms with E-state index in [0.717, 1.165) is 25.7 Å². The average molecular weight is 379 g/mol. The van der Waals surface area contributed by atoms with E-state index < -0.39 is 0 Å². The van der Waals surface area contributed by atoms with Crippen molar-refractivity contribution >= 4 is 17.7 Å². The molecule has 146 valence electrons. The molecule has 0 aliphatic heterocycles. The zero-order chi connectivity index (χ0) is 19.9. The SMILES string of the molecule is CC(=O)OCC(Nc1nc(N)ncc1C#N)C1CC(CCc2ccccc2)C1. The molecule has 1 aliphatic rings. The van der Waals surface area contributed by atoms with Gasteiger partial charge in [-0.3, -0.25) is 4.79 Å². The molecule has 1 saturated carbocycles. The lowest BCUT2D eigenvalue weighted by Crippen LogP contribution is -2.42. The monoisotopic (exact) mass is 379 g/mol. The third-order valence-electron chi connectivity index (χ3n) is 5.24. The number of aromatic nitrogens is 2. The molecule has 0 amide bonds. The normalized spacial score (nSPS) is 19.1. The smallest absolute Gasteiger partial charge is 0.302 e. The lowest BCUT2D eigenvalue weighted by molar-refractivity contribution is -0.141. The zero-order valence-electron chi connectivity index (χ0n) is 16.0. The van der Waals surface area contributed by atoms with Crippen LogP contribution < -0.4 is 11.1 Å². The van der Waals surface area contributed by atoms with Crippen LogP contribution in [0.5, 0.6) is 0 Å². The number of benzene rings is 1. The number of nitrogens with two attached hydrogens (primary N) is 1. The number of hydrogen-bond donors (Lipinski definition) is 2. The number of nitriles is 1. The number of rotatable bonds is 8. The Balaban J connectivity index is 1.59. The second-order valence-electron chi connectivity index (χ2n) is 7.28. The Bertz CT molecular complexity index is 844. The summed E-state index contributed by atoms with van der Waals surface area (Å²) in [5, 5.41) is 12.5. The number of esters is 1. The van der Waals surface area contributed by atoms with E-state index >= 15 is 0 Å². The molecule has 3 rings (SSSR count). The molecule has 0 spiro atoms. The molecule has 28 heavy (non-hydrogen) atoms. The Kier molecular flexibility index (Phi) is 6.43. The Morgan fingerprint density at radius 3 is 2.82 bits per heavy atom. The van der Waals surface area contributed by atoms with Gasteiger partial charge in [-0.25, -0.2) is 4.98 Å². The van der Waals surface area contributed by atoms with Gasteiger partial charge in [-0.15, -0.1) is 0 Å². The zero-order valence-corrected chi connectivity index (χ0v) is 16.0. The summed E-state index contributed by atoms with van der Waals surface area (Å²) < 4.78 is 5.24. The fraction of sp³-hybridized carbons (Fsp3) is 0.429. The second kappa shape index (κ2) is 9.18. The van der Waals surface area contributed by atoms with E-state index in [1.807, 2.05) is 6.07 Å². The van der Waals surface area contributed by atoms with Crippen LogP contribution in [0.4, 0.5) is 11.8 Å². The summed E-state index contributed by atoms with van der Waals surface area (Å²) in [7, 11) is 0. The fourth-order valence-corrected chi connectivity index (χ4v) is 3.63. The maximum atomic E-state index is 11.3. The van der Waals surface area contributed by atoms with E-state index in [1.165, 1.54) is 18.7 Å². The quantitative estimate of drug-likeness (QED) is 0.678. The van der Waals surface area contributed by atoms with Gasteiger partial charge in [0.1, 0.15) is 24.1 Å². The Morgan fingerprint density at radius 2 is 2.14 bits per heavy atom. The van der Waals surface area contributed by atoms with Gasteiger partial charge in [0.25, 0.3) is 0 Å². The summed E-state index contributed by atoms with van der Waals surface area (Å²) in [6, 6.07) is 12.4. The molecule has 1 fully saturated rings. The molecule has 1 heterocycles. The molecule has 7 nitrogen and oxygen atoms in total. The molecule has 1 aromatic heterocycles. The van der Waals surface area contributed by atoms with Crippen molar-refractivity contribution in [1.82, 2.24) is 9.97 Å². The lowest BCUT2D eigenvalue weighted by atomic mass is 9.69. The number of carbonyl (C=O) groups is 1. The predicted octanol–water partition coefficient (Wildman–Crippen LogP) is 2.93. The van der Waals surface area contributed by atoms with Crippen molar-refractivity contribution in [3.05, 3.63) is 47.7 Å². The highest BCUT2D eigenvalue weighted by Gasteiger charge is 2.35. The number of nitrogens with one attached hydrogen (secondary N) is 1. The lowest BCUT2D eigenvalue weighted by Gasteiger charge is -2.41. The Morgan fingerprint density at radius 1 is 1.39 bits per heavy atom. The summed E-state index contributed by atoms with van der Waals surface area (Å²) >= 11 is 0. The Hall–Kier alpha value is -3.14. The molecule has 1 aliphatic carbocycles. The van der Waals surface area contributed by atoms with Crippen LogP contribution in [-0.4, -0.2) is 28.6 Å². The largest absolute Gasteiger partial charge is 0.464 e. The first-order valence-corrected chi connectivity index (χ1v) is 9.51. The van der Waals surface area contributed by atoms with Gasteiger partial charge in [0.05, 0.1) is 12.2 Å². The molecular weight excluding hydrogens is 354 g/mol. The molecule has 1 aromatic carbocycles. The number of nitrogen functional groups attached to an aromatic ring is 1. The summed E-state index contributed by atoms with van der Waals surface area (Å²) in [6.45, 7) is 1.63. The summed E-state index contributed by atoms with van der Waals surface area (Å²) in [5.74, 6) is 1.16. The van der Waals surface area contributed by atoms with Gasteiger partial charge in [-0.1, -0.05) is 30.3 Å². The van der Waals surface area contributed by atoms with E-state index in [2.05, 4.69) is 45.6 Å². The molecule has 0 bridgehead atoms. The van der Waals surface area contributed by atoms with Crippen molar-refractivity contribution < 1.29 is 9.53 Å². The molecule has 1 unspecified atom stereocenters. The third-order valence-corrected chi connectivity index (χ3v) is 5.24. The molecule has 0 radical (unpaired) electrons. The van der Waals surface area contributed by atoms with Crippen molar-refractivity contribution in [3.8, 4) is 6.07 Å². The van der Waals surface area contributed by atoms with Gasteiger partial charge in [0, 0.05) is 6.92 Å². The van der Waals surface area contributed by atoms with Crippen LogP contribution in [0.2, 0.25) is 0 Å². The van der Waals surface area contributed by atoms with E-state index in [4.69, 9.17) is 10.5 Å². The van der Waals surface area contributed by atoms with Gasteiger partial charge in [0.2, 0.25) is 5.95 Å². The number of carbonyl (C=O) groups excluding carboxylic acids is 1. The molecular formula is C21H25N5O2. The van der Waals surface area contributed by atoms with Crippen LogP contribution in [0.15, 0.2) is 36.5 Å². The number of nitrogens with zero attached hydrogens (tertiary/aromatic N) is 3. The second-order valence-corrected chi connectivity index (χ2v) is 7.28. The van der Waals surface area contributed by atoms with Crippen LogP contribution in [0, 0.1) is 23.2 Å². The molecule has 1 atom stereocenters. The standard InChI is InChI=1S/C21H25N5O2/c1-14(27)28-13-19(25-20-18(11-22)12-24-21(23)26-20)17-9-16(10-17)8-7-15-5-3-2-4-6-15/h2-6,12,16-17,19H,7-10,13H2,1H3,(H3,23,24,25,26). The number of ether oxygens (including phenoxy) is 1. The van der Waals surface area contributed by atoms with Crippen LogP contribution in [0.3, 0.4) is 0 Å². The van der Waals surface area contributed by atoms with Gasteiger partial charge in [-0.05, 0) is 43.1 Å². The predicted molar refractivity (Wildman–Crippen MR) is 106 cm³/mol. The molecule has 2 aromatic rings. The maximum Gasteiger partial charge on any atom is 0.302 e. The van der Waals surface area contributed by atoms with Crippen molar-refractivity contribution in [2.24, 2.45) is 11.8 Å². The van der Waals surface area contributed by atoms with Crippen LogP contribution in [0.25, 0.3) is 0 Å². The topological polar surface area (TPSA) is 114 Å².